The standard InChI is InChI=1S/C19H22N2O2.ClH/c22-19(18-8-4-5-13-20-18)21-14-15-9-11-17(12-10-15)23-16-6-2-1-3-7-16;/h1-3,6-7,9-12,18,20H,4-5,8,13-14H2,(H,21,22);1H. The monoisotopic (exact) mass is 346 g/mol. The van der Waals surface area contributed by atoms with Crippen LogP contribution in [0.4, 0.5) is 0 Å². The van der Waals surface area contributed by atoms with Crippen LogP contribution in [0.1, 0.15) is 24.8 Å². The molecule has 1 aliphatic rings. The fraction of sp³-hybridized carbons (Fsp3) is 0.316. The highest BCUT2D eigenvalue weighted by Gasteiger charge is 2.19. The number of ether oxygens (including phenoxy) is 1. The fourth-order valence-corrected chi connectivity index (χ4v) is 2.69. The molecule has 0 aromatic heterocycles. The summed E-state index contributed by atoms with van der Waals surface area (Å²) in [5.41, 5.74) is 1.06. The molecule has 5 heteroatoms. The van der Waals surface area contributed by atoms with Crippen LogP contribution < -0.4 is 15.4 Å². The summed E-state index contributed by atoms with van der Waals surface area (Å²) in [4.78, 5) is 12.1. The molecule has 1 aliphatic heterocycles. The van der Waals surface area contributed by atoms with Gasteiger partial charge in [0.25, 0.3) is 0 Å². The maximum absolute atomic E-state index is 12.1. The fourth-order valence-electron chi connectivity index (χ4n) is 2.69. The van der Waals surface area contributed by atoms with Crippen molar-refractivity contribution in [3.8, 4) is 11.5 Å². The number of amides is 1. The SMILES string of the molecule is Cl.O=C(NCc1ccc(Oc2ccccc2)cc1)C1CCCCN1. The van der Waals surface area contributed by atoms with Crippen molar-refractivity contribution in [3.63, 3.8) is 0 Å². The lowest BCUT2D eigenvalue weighted by molar-refractivity contribution is -0.123. The Morgan fingerprint density at radius 3 is 2.42 bits per heavy atom. The van der Waals surface area contributed by atoms with Gasteiger partial charge in [-0.3, -0.25) is 4.79 Å². The molecule has 0 bridgehead atoms. The van der Waals surface area contributed by atoms with Crippen LogP contribution in [0.5, 0.6) is 11.5 Å². The maximum Gasteiger partial charge on any atom is 0.237 e. The molecule has 3 rings (SSSR count). The number of halogens is 1. The van der Waals surface area contributed by atoms with Crippen LogP contribution in [0.2, 0.25) is 0 Å². The third-order valence-electron chi connectivity index (χ3n) is 4.00. The van der Waals surface area contributed by atoms with E-state index in [0.29, 0.717) is 6.54 Å². The summed E-state index contributed by atoms with van der Waals surface area (Å²) in [5, 5.41) is 6.26. The van der Waals surface area contributed by atoms with Gasteiger partial charge in [-0.15, -0.1) is 12.4 Å². The van der Waals surface area contributed by atoms with Crippen LogP contribution in [0.3, 0.4) is 0 Å². The number of rotatable bonds is 5. The Bertz CT molecular complexity index is 626. The van der Waals surface area contributed by atoms with Crippen molar-refractivity contribution in [3.05, 3.63) is 60.2 Å². The molecule has 1 amide bonds. The Balaban J connectivity index is 0.00000208. The number of hydrogen-bond donors (Lipinski definition) is 2. The van der Waals surface area contributed by atoms with Crippen molar-refractivity contribution >= 4 is 18.3 Å². The predicted molar refractivity (Wildman–Crippen MR) is 97.7 cm³/mol. The van der Waals surface area contributed by atoms with Crippen LogP contribution in [-0.2, 0) is 11.3 Å². The minimum absolute atomic E-state index is 0. The van der Waals surface area contributed by atoms with Gasteiger partial charge >= 0.3 is 0 Å². The van der Waals surface area contributed by atoms with Crippen LogP contribution in [0, 0.1) is 0 Å². The second-order valence-corrected chi connectivity index (χ2v) is 5.78. The molecule has 2 aromatic carbocycles. The van der Waals surface area contributed by atoms with E-state index in [1.807, 2.05) is 54.6 Å². The van der Waals surface area contributed by atoms with E-state index in [2.05, 4.69) is 10.6 Å². The van der Waals surface area contributed by atoms with Gasteiger partial charge in [-0.05, 0) is 49.2 Å². The molecule has 0 saturated carbocycles. The second-order valence-electron chi connectivity index (χ2n) is 5.78. The number of nitrogens with one attached hydrogen (secondary N) is 2. The van der Waals surface area contributed by atoms with Crippen molar-refractivity contribution in [1.82, 2.24) is 10.6 Å². The molecule has 1 atom stereocenters. The highest BCUT2D eigenvalue weighted by Crippen LogP contribution is 2.21. The van der Waals surface area contributed by atoms with E-state index in [4.69, 9.17) is 4.74 Å². The molecule has 2 aromatic rings. The first kappa shape index (κ1) is 18.3. The molecule has 0 aliphatic carbocycles. The minimum atomic E-state index is -0.0376. The Kier molecular flexibility index (Phi) is 7.09. The maximum atomic E-state index is 12.1. The van der Waals surface area contributed by atoms with E-state index >= 15 is 0 Å². The quantitative estimate of drug-likeness (QED) is 0.868. The molecular formula is C19H23ClN2O2. The molecule has 4 nitrogen and oxygen atoms in total. The summed E-state index contributed by atoms with van der Waals surface area (Å²) in [6, 6.07) is 17.5. The summed E-state index contributed by atoms with van der Waals surface area (Å²) < 4.78 is 5.76. The first-order chi connectivity index (χ1) is 11.3. The van der Waals surface area contributed by atoms with Crippen LogP contribution in [-0.4, -0.2) is 18.5 Å². The molecule has 24 heavy (non-hydrogen) atoms. The van der Waals surface area contributed by atoms with Gasteiger partial charge in [-0.1, -0.05) is 36.8 Å². The molecule has 1 heterocycles. The summed E-state index contributed by atoms with van der Waals surface area (Å²) in [5.74, 6) is 1.70. The summed E-state index contributed by atoms with van der Waals surface area (Å²) >= 11 is 0. The number of piperidine rings is 1. The Morgan fingerprint density at radius 1 is 1.04 bits per heavy atom. The number of para-hydroxylation sites is 1. The third-order valence-corrected chi connectivity index (χ3v) is 4.00. The van der Waals surface area contributed by atoms with Gasteiger partial charge in [-0.2, -0.15) is 0 Å². The average Bonchev–Trinajstić information content (AvgIpc) is 2.62. The van der Waals surface area contributed by atoms with Crippen LogP contribution >= 0.6 is 12.4 Å². The van der Waals surface area contributed by atoms with Gasteiger partial charge in [0.1, 0.15) is 11.5 Å². The topological polar surface area (TPSA) is 50.4 Å². The van der Waals surface area contributed by atoms with Gasteiger partial charge in [0.15, 0.2) is 0 Å². The summed E-state index contributed by atoms with van der Waals surface area (Å²) in [7, 11) is 0. The van der Waals surface area contributed by atoms with Gasteiger partial charge in [0.05, 0.1) is 6.04 Å². The Hall–Kier alpha value is -2.04. The molecule has 0 spiro atoms. The lowest BCUT2D eigenvalue weighted by Gasteiger charge is -2.22. The average molecular weight is 347 g/mol. The molecule has 1 fully saturated rings. The van der Waals surface area contributed by atoms with Crippen LogP contribution in [0.15, 0.2) is 54.6 Å². The van der Waals surface area contributed by atoms with Crippen LogP contribution in [0.25, 0.3) is 0 Å². The lowest BCUT2D eigenvalue weighted by Crippen LogP contribution is -2.46. The van der Waals surface area contributed by atoms with Gasteiger partial charge in [-0.25, -0.2) is 0 Å². The number of carbonyl (C=O) groups is 1. The van der Waals surface area contributed by atoms with Gasteiger partial charge < -0.3 is 15.4 Å². The zero-order valence-corrected chi connectivity index (χ0v) is 14.4. The number of benzene rings is 2. The molecule has 1 unspecified atom stereocenters. The highest BCUT2D eigenvalue weighted by atomic mass is 35.5. The second kappa shape index (κ2) is 9.30. The van der Waals surface area contributed by atoms with Crippen molar-refractivity contribution < 1.29 is 9.53 Å². The van der Waals surface area contributed by atoms with E-state index < -0.39 is 0 Å². The van der Waals surface area contributed by atoms with E-state index in [1.165, 1.54) is 0 Å². The lowest BCUT2D eigenvalue weighted by atomic mass is 10.0. The molecular weight excluding hydrogens is 324 g/mol. The zero-order chi connectivity index (χ0) is 15.9. The zero-order valence-electron chi connectivity index (χ0n) is 13.5. The Labute approximate surface area is 149 Å². The first-order valence-electron chi connectivity index (χ1n) is 8.14. The Morgan fingerprint density at radius 2 is 1.75 bits per heavy atom. The summed E-state index contributed by atoms with van der Waals surface area (Å²) in [6.45, 7) is 1.48. The number of hydrogen-bond acceptors (Lipinski definition) is 3. The minimum Gasteiger partial charge on any atom is -0.457 e. The normalized spacial score (nSPS) is 16.8. The van der Waals surface area contributed by atoms with E-state index in [1.54, 1.807) is 0 Å². The van der Waals surface area contributed by atoms with E-state index in [0.717, 1.165) is 42.9 Å². The highest BCUT2D eigenvalue weighted by molar-refractivity contribution is 5.85. The first-order valence-corrected chi connectivity index (χ1v) is 8.14. The van der Waals surface area contributed by atoms with E-state index in [9.17, 15) is 4.79 Å². The van der Waals surface area contributed by atoms with Crippen molar-refractivity contribution in [1.29, 1.82) is 0 Å². The largest absolute Gasteiger partial charge is 0.457 e. The van der Waals surface area contributed by atoms with Gasteiger partial charge in [0, 0.05) is 6.54 Å². The van der Waals surface area contributed by atoms with Crippen molar-refractivity contribution in [2.45, 2.75) is 31.8 Å². The molecule has 0 radical (unpaired) electrons. The van der Waals surface area contributed by atoms with E-state index in [-0.39, 0.29) is 24.4 Å². The van der Waals surface area contributed by atoms with Crippen molar-refractivity contribution in [2.75, 3.05) is 6.54 Å². The third kappa shape index (κ3) is 5.25. The number of carbonyl (C=O) groups excluding carboxylic acids is 1. The molecule has 2 N–H and O–H groups in total. The van der Waals surface area contributed by atoms with Crippen molar-refractivity contribution in [2.24, 2.45) is 0 Å². The predicted octanol–water partition coefficient (Wildman–Crippen LogP) is 3.66. The van der Waals surface area contributed by atoms with Gasteiger partial charge in [0.2, 0.25) is 5.91 Å². The summed E-state index contributed by atoms with van der Waals surface area (Å²) in [6.07, 6.45) is 3.21. The smallest absolute Gasteiger partial charge is 0.237 e. The molecule has 128 valence electrons. The molecule has 1 saturated heterocycles.